The van der Waals surface area contributed by atoms with Crippen LogP contribution in [0, 0.1) is 0 Å². The van der Waals surface area contributed by atoms with Crippen molar-refractivity contribution >= 4 is 10.0 Å². The molecule has 0 aliphatic heterocycles. The summed E-state index contributed by atoms with van der Waals surface area (Å²) in [4.78, 5) is 0.127. The number of allylic oxidation sites excluding steroid dienone is 1. The Bertz CT molecular complexity index is 587. The summed E-state index contributed by atoms with van der Waals surface area (Å²) < 4.78 is 28.6. The number of rotatable bonds is 6. The normalized spacial score (nSPS) is 12.8. The fourth-order valence-electron chi connectivity index (χ4n) is 1.74. The van der Waals surface area contributed by atoms with Gasteiger partial charge in [-0.05, 0) is 56.0 Å². The van der Waals surface area contributed by atoms with E-state index in [0.717, 1.165) is 12.0 Å². The van der Waals surface area contributed by atoms with E-state index in [0.29, 0.717) is 12.4 Å². The SMILES string of the molecule is CCC(C)c1cc(S(N)(=O)=O)ccc1OCC=C(C)C. The zero-order chi connectivity index (χ0) is 15.3. The molecule has 0 aliphatic carbocycles. The summed E-state index contributed by atoms with van der Waals surface area (Å²) in [6.45, 7) is 8.57. The molecule has 1 rings (SSSR count). The van der Waals surface area contributed by atoms with Gasteiger partial charge in [0.25, 0.3) is 0 Å². The van der Waals surface area contributed by atoms with Crippen molar-refractivity contribution in [2.75, 3.05) is 6.61 Å². The summed E-state index contributed by atoms with van der Waals surface area (Å²) in [5.41, 5.74) is 2.05. The second kappa shape index (κ2) is 6.90. The van der Waals surface area contributed by atoms with E-state index in [-0.39, 0.29) is 10.8 Å². The molecule has 112 valence electrons. The molecular weight excluding hydrogens is 274 g/mol. The lowest BCUT2D eigenvalue weighted by molar-refractivity contribution is 0.355. The molecule has 5 heteroatoms. The molecule has 20 heavy (non-hydrogen) atoms. The first-order chi connectivity index (χ1) is 9.25. The van der Waals surface area contributed by atoms with E-state index in [1.165, 1.54) is 11.6 Å². The first kappa shape index (κ1) is 16.7. The number of sulfonamides is 1. The van der Waals surface area contributed by atoms with Crippen molar-refractivity contribution in [3.8, 4) is 5.75 Å². The zero-order valence-corrected chi connectivity index (χ0v) is 13.3. The number of benzene rings is 1. The molecule has 1 aromatic carbocycles. The molecule has 0 spiro atoms. The van der Waals surface area contributed by atoms with Crippen LogP contribution in [0.1, 0.15) is 45.6 Å². The molecule has 1 unspecified atom stereocenters. The van der Waals surface area contributed by atoms with Crippen molar-refractivity contribution in [2.45, 2.75) is 44.9 Å². The van der Waals surface area contributed by atoms with Gasteiger partial charge in [0.2, 0.25) is 10.0 Å². The van der Waals surface area contributed by atoms with Crippen molar-refractivity contribution in [1.82, 2.24) is 0 Å². The Balaban J connectivity index is 3.14. The van der Waals surface area contributed by atoms with Gasteiger partial charge in [-0.25, -0.2) is 13.6 Å². The van der Waals surface area contributed by atoms with Gasteiger partial charge in [-0.1, -0.05) is 19.4 Å². The van der Waals surface area contributed by atoms with Crippen LogP contribution in [0.15, 0.2) is 34.7 Å². The Morgan fingerprint density at radius 1 is 1.40 bits per heavy atom. The van der Waals surface area contributed by atoms with E-state index < -0.39 is 10.0 Å². The maximum absolute atomic E-state index is 11.4. The van der Waals surface area contributed by atoms with Crippen LogP contribution in [0.25, 0.3) is 0 Å². The van der Waals surface area contributed by atoms with Crippen molar-refractivity contribution in [3.05, 3.63) is 35.4 Å². The largest absolute Gasteiger partial charge is 0.489 e. The van der Waals surface area contributed by atoms with Crippen LogP contribution in [0.4, 0.5) is 0 Å². The molecule has 0 bridgehead atoms. The molecule has 0 fully saturated rings. The molecule has 0 saturated carbocycles. The van der Waals surface area contributed by atoms with Gasteiger partial charge in [0.1, 0.15) is 12.4 Å². The van der Waals surface area contributed by atoms with Crippen molar-refractivity contribution < 1.29 is 13.2 Å². The van der Waals surface area contributed by atoms with Gasteiger partial charge in [-0.3, -0.25) is 0 Å². The van der Waals surface area contributed by atoms with E-state index in [1.807, 2.05) is 33.8 Å². The summed E-state index contributed by atoms with van der Waals surface area (Å²) >= 11 is 0. The first-order valence-electron chi connectivity index (χ1n) is 6.68. The summed E-state index contributed by atoms with van der Waals surface area (Å²) in [6, 6.07) is 4.78. The van der Waals surface area contributed by atoms with Gasteiger partial charge in [0.15, 0.2) is 0 Å². The van der Waals surface area contributed by atoms with Crippen LogP contribution in [-0.2, 0) is 10.0 Å². The fourth-order valence-corrected chi connectivity index (χ4v) is 2.29. The van der Waals surface area contributed by atoms with E-state index in [9.17, 15) is 8.42 Å². The highest BCUT2D eigenvalue weighted by Gasteiger charge is 2.15. The minimum absolute atomic E-state index is 0.127. The molecule has 2 N–H and O–H groups in total. The summed E-state index contributed by atoms with van der Waals surface area (Å²) in [5, 5.41) is 5.18. The molecule has 0 amide bonds. The van der Waals surface area contributed by atoms with Crippen molar-refractivity contribution in [3.63, 3.8) is 0 Å². The maximum atomic E-state index is 11.4. The molecule has 0 aliphatic rings. The third-order valence-electron chi connectivity index (χ3n) is 3.18. The lowest BCUT2D eigenvalue weighted by Crippen LogP contribution is -2.13. The number of hydrogen-bond acceptors (Lipinski definition) is 3. The smallest absolute Gasteiger partial charge is 0.238 e. The third-order valence-corrected chi connectivity index (χ3v) is 4.09. The van der Waals surface area contributed by atoms with Gasteiger partial charge in [0, 0.05) is 0 Å². The quantitative estimate of drug-likeness (QED) is 0.820. The highest BCUT2D eigenvalue weighted by Crippen LogP contribution is 2.31. The molecule has 4 nitrogen and oxygen atoms in total. The monoisotopic (exact) mass is 297 g/mol. The van der Waals surface area contributed by atoms with Crippen LogP contribution in [-0.4, -0.2) is 15.0 Å². The van der Waals surface area contributed by atoms with Crippen LogP contribution in [0.3, 0.4) is 0 Å². The minimum atomic E-state index is -3.69. The van der Waals surface area contributed by atoms with Crippen molar-refractivity contribution in [2.24, 2.45) is 5.14 Å². The number of hydrogen-bond donors (Lipinski definition) is 1. The second-order valence-corrected chi connectivity index (χ2v) is 6.71. The molecule has 0 saturated heterocycles. The van der Waals surface area contributed by atoms with E-state index in [1.54, 1.807) is 12.1 Å². The maximum Gasteiger partial charge on any atom is 0.238 e. The van der Waals surface area contributed by atoms with Gasteiger partial charge < -0.3 is 4.74 Å². The minimum Gasteiger partial charge on any atom is -0.489 e. The van der Waals surface area contributed by atoms with E-state index >= 15 is 0 Å². The number of primary sulfonamides is 1. The van der Waals surface area contributed by atoms with Gasteiger partial charge in [-0.2, -0.15) is 0 Å². The Morgan fingerprint density at radius 3 is 2.55 bits per heavy atom. The topological polar surface area (TPSA) is 69.4 Å². The van der Waals surface area contributed by atoms with Crippen LogP contribution >= 0.6 is 0 Å². The molecule has 1 atom stereocenters. The summed E-state index contributed by atoms with van der Waals surface area (Å²) in [5.74, 6) is 0.919. The number of ether oxygens (including phenoxy) is 1. The third kappa shape index (κ3) is 4.65. The summed E-state index contributed by atoms with van der Waals surface area (Å²) in [7, 11) is -3.69. The Morgan fingerprint density at radius 2 is 2.05 bits per heavy atom. The van der Waals surface area contributed by atoms with Crippen LogP contribution in [0.5, 0.6) is 5.75 Å². The highest BCUT2D eigenvalue weighted by atomic mass is 32.2. The number of nitrogens with two attached hydrogens (primary N) is 1. The lowest BCUT2D eigenvalue weighted by Gasteiger charge is -2.16. The van der Waals surface area contributed by atoms with Gasteiger partial charge in [-0.15, -0.1) is 0 Å². The predicted molar refractivity (Wildman–Crippen MR) is 81.4 cm³/mol. The standard InChI is InChI=1S/C15H23NO3S/c1-5-12(4)14-10-13(20(16,17)18)6-7-15(14)19-9-8-11(2)3/h6-8,10,12H,5,9H2,1-4H3,(H2,16,17,18). The van der Waals surface area contributed by atoms with Gasteiger partial charge in [0.05, 0.1) is 4.90 Å². The van der Waals surface area contributed by atoms with E-state index in [2.05, 4.69) is 0 Å². The Hall–Kier alpha value is -1.33. The molecule has 0 aromatic heterocycles. The van der Waals surface area contributed by atoms with Gasteiger partial charge >= 0.3 is 0 Å². The lowest BCUT2D eigenvalue weighted by atomic mass is 9.98. The zero-order valence-electron chi connectivity index (χ0n) is 12.5. The molecule has 0 heterocycles. The first-order valence-corrected chi connectivity index (χ1v) is 8.23. The predicted octanol–water partition coefficient (Wildman–Crippen LogP) is 3.19. The van der Waals surface area contributed by atoms with E-state index in [4.69, 9.17) is 9.88 Å². The van der Waals surface area contributed by atoms with Crippen molar-refractivity contribution in [1.29, 1.82) is 0 Å². The Kier molecular flexibility index (Phi) is 5.77. The summed E-state index contributed by atoms with van der Waals surface area (Å²) in [6.07, 6.45) is 2.88. The highest BCUT2D eigenvalue weighted by molar-refractivity contribution is 7.89. The molecule has 0 radical (unpaired) electrons. The average molecular weight is 297 g/mol. The molecule has 1 aromatic rings. The van der Waals surface area contributed by atoms with Crippen LogP contribution < -0.4 is 9.88 Å². The second-order valence-electron chi connectivity index (χ2n) is 5.15. The fraction of sp³-hybridized carbons (Fsp3) is 0.467. The molecular formula is C15H23NO3S. The van der Waals surface area contributed by atoms with Crippen LogP contribution in [0.2, 0.25) is 0 Å². The Labute approximate surface area is 121 Å². The average Bonchev–Trinajstić information content (AvgIpc) is 2.36.